The number of benzene rings is 1. The number of hydrogen-bond acceptors (Lipinski definition) is 3. The van der Waals surface area contributed by atoms with Crippen LogP contribution in [0.5, 0.6) is 0 Å². The third-order valence-corrected chi connectivity index (χ3v) is 3.62. The SMILES string of the molecule is Cc1ccc(C(=O)N2CCCN(CCN)CC2)cc1. The van der Waals surface area contributed by atoms with Gasteiger partial charge in [0.1, 0.15) is 0 Å². The number of rotatable bonds is 3. The first-order valence-electron chi connectivity index (χ1n) is 6.99. The summed E-state index contributed by atoms with van der Waals surface area (Å²) in [7, 11) is 0. The molecular formula is C15H23N3O. The van der Waals surface area contributed by atoms with Crippen LogP contribution in [0.1, 0.15) is 22.3 Å². The Morgan fingerprint density at radius 2 is 1.89 bits per heavy atom. The number of amides is 1. The summed E-state index contributed by atoms with van der Waals surface area (Å²) >= 11 is 0. The maximum atomic E-state index is 12.4. The predicted molar refractivity (Wildman–Crippen MR) is 77.2 cm³/mol. The van der Waals surface area contributed by atoms with Gasteiger partial charge in [-0.15, -0.1) is 0 Å². The van der Waals surface area contributed by atoms with Gasteiger partial charge in [-0.3, -0.25) is 4.79 Å². The van der Waals surface area contributed by atoms with Gasteiger partial charge in [0, 0.05) is 38.3 Å². The normalized spacial score (nSPS) is 17.3. The average molecular weight is 261 g/mol. The van der Waals surface area contributed by atoms with Crippen LogP contribution in [0.25, 0.3) is 0 Å². The third-order valence-electron chi connectivity index (χ3n) is 3.62. The Bertz CT molecular complexity index is 416. The molecule has 19 heavy (non-hydrogen) atoms. The molecule has 1 saturated heterocycles. The quantitative estimate of drug-likeness (QED) is 0.886. The fourth-order valence-corrected chi connectivity index (χ4v) is 2.46. The second-order valence-electron chi connectivity index (χ2n) is 5.14. The van der Waals surface area contributed by atoms with Crippen LogP contribution in [-0.2, 0) is 0 Å². The fraction of sp³-hybridized carbons (Fsp3) is 0.533. The highest BCUT2D eigenvalue weighted by Crippen LogP contribution is 2.10. The molecular weight excluding hydrogens is 238 g/mol. The summed E-state index contributed by atoms with van der Waals surface area (Å²) < 4.78 is 0. The molecule has 1 aromatic rings. The first-order chi connectivity index (χ1) is 9.20. The van der Waals surface area contributed by atoms with Gasteiger partial charge >= 0.3 is 0 Å². The molecule has 1 amide bonds. The van der Waals surface area contributed by atoms with Crippen LogP contribution in [-0.4, -0.2) is 55.0 Å². The number of aryl methyl sites for hydroxylation is 1. The third kappa shape index (κ3) is 3.78. The van der Waals surface area contributed by atoms with Crippen LogP contribution >= 0.6 is 0 Å². The van der Waals surface area contributed by atoms with Crippen molar-refractivity contribution in [2.24, 2.45) is 5.73 Å². The summed E-state index contributed by atoms with van der Waals surface area (Å²) in [6.45, 7) is 7.24. The van der Waals surface area contributed by atoms with E-state index in [4.69, 9.17) is 5.73 Å². The molecule has 0 aliphatic carbocycles. The highest BCUT2D eigenvalue weighted by molar-refractivity contribution is 5.94. The van der Waals surface area contributed by atoms with Gasteiger partial charge in [-0.2, -0.15) is 0 Å². The zero-order valence-electron chi connectivity index (χ0n) is 11.6. The van der Waals surface area contributed by atoms with E-state index >= 15 is 0 Å². The van der Waals surface area contributed by atoms with Crippen molar-refractivity contribution in [3.05, 3.63) is 35.4 Å². The fourth-order valence-electron chi connectivity index (χ4n) is 2.46. The molecule has 1 aliphatic heterocycles. The van der Waals surface area contributed by atoms with E-state index in [0.29, 0.717) is 6.54 Å². The number of carbonyl (C=O) groups is 1. The van der Waals surface area contributed by atoms with E-state index in [0.717, 1.165) is 44.7 Å². The van der Waals surface area contributed by atoms with Gasteiger partial charge in [0.25, 0.3) is 5.91 Å². The van der Waals surface area contributed by atoms with E-state index in [1.165, 1.54) is 5.56 Å². The van der Waals surface area contributed by atoms with E-state index in [9.17, 15) is 4.79 Å². The van der Waals surface area contributed by atoms with E-state index in [2.05, 4.69) is 4.90 Å². The summed E-state index contributed by atoms with van der Waals surface area (Å²) in [4.78, 5) is 16.7. The van der Waals surface area contributed by atoms with Gasteiger partial charge in [-0.1, -0.05) is 17.7 Å². The lowest BCUT2D eigenvalue weighted by Gasteiger charge is -2.21. The van der Waals surface area contributed by atoms with Crippen molar-refractivity contribution in [2.45, 2.75) is 13.3 Å². The second-order valence-corrected chi connectivity index (χ2v) is 5.14. The van der Waals surface area contributed by atoms with Gasteiger partial charge < -0.3 is 15.5 Å². The molecule has 1 aliphatic rings. The number of hydrogen-bond donors (Lipinski definition) is 1. The molecule has 0 aromatic heterocycles. The monoisotopic (exact) mass is 261 g/mol. The van der Waals surface area contributed by atoms with Crippen LogP contribution < -0.4 is 5.73 Å². The van der Waals surface area contributed by atoms with Crippen molar-refractivity contribution in [1.29, 1.82) is 0 Å². The van der Waals surface area contributed by atoms with Gasteiger partial charge in [0.2, 0.25) is 0 Å². The van der Waals surface area contributed by atoms with Gasteiger partial charge in [0.05, 0.1) is 0 Å². The van der Waals surface area contributed by atoms with Gasteiger partial charge in [-0.05, 0) is 32.0 Å². The Labute approximate surface area is 115 Å². The molecule has 0 spiro atoms. The van der Waals surface area contributed by atoms with Crippen molar-refractivity contribution in [1.82, 2.24) is 9.80 Å². The largest absolute Gasteiger partial charge is 0.337 e. The molecule has 0 radical (unpaired) electrons. The van der Waals surface area contributed by atoms with E-state index in [1.54, 1.807) is 0 Å². The molecule has 2 rings (SSSR count). The summed E-state index contributed by atoms with van der Waals surface area (Å²) in [5.74, 6) is 0.148. The Kier molecular flexibility index (Phi) is 4.93. The molecule has 0 atom stereocenters. The second kappa shape index (κ2) is 6.68. The van der Waals surface area contributed by atoms with Gasteiger partial charge in [-0.25, -0.2) is 0 Å². The van der Waals surface area contributed by atoms with Crippen molar-refractivity contribution < 1.29 is 4.79 Å². The zero-order valence-corrected chi connectivity index (χ0v) is 11.6. The number of nitrogens with zero attached hydrogens (tertiary/aromatic N) is 2. The topological polar surface area (TPSA) is 49.6 Å². The molecule has 0 unspecified atom stereocenters. The van der Waals surface area contributed by atoms with Crippen molar-refractivity contribution in [3.8, 4) is 0 Å². The Balaban J connectivity index is 1.98. The smallest absolute Gasteiger partial charge is 0.253 e. The Hall–Kier alpha value is -1.39. The standard InChI is InChI=1S/C15H23N3O/c1-13-3-5-14(6-4-13)15(19)18-9-2-8-17(10-7-16)11-12-18/h3-6H,2,7-12,16H2,1H3. The zero-order chi connectivity index (χ0) is 13.7. The lowest BCUT2D eigenvalue weighted by molar-refractivity contribution is 0.0761. The molecule has 104 valence electrons. The molecule has 1 heterocycles. The van der Waals surface area contributed by atoms with Crippen molar-refractivity contribution in [3.63, 3.8) is 0 Å². The maximum Gasteiger partial charge on any atom is 0.253 e. The van der Waals surface area contributed by atoms with Crippen LogP contribution in [0.4, 0.5) is 0 Å². The Morgan fingerprint density at radius 3 is 2.58 bits per heavy atom. The number of nitrogens with two attached hydrogens (primary N) is 1. The minimum absolute atomic E-state index is 0.148. The highest BCUT2D eigenvalue weighted by atomic mass is 16.2. The van der Waals surface area contributed by atoms with Crippen LogP contribution in [0.2, 0.25) is 0 Å². The minimum Gasteiger partial charge on any atom is -0.337 e. The molecule has 0 bridgehead atoms. The first-order valence-corrected chi connectivity index (χ1v) is 6.99. The van der Waals surface area contributed by atoms with Crippen LogP contribution in [0.15, 0.2) is 24.3 Å². The summed E-state index contributed by atoms with van der Waals surface area (Å²) in [5, 5.41) is 0. The van der Waals surface area contributed by atoms with Crippen molar-refractivity contribution >= 4 is 5.91 Å². The molecule has 2 N–H and O–H groups in total. The van der Waals surface area contributed by atoms with Gasteiger partial charge in [0.15, 0.2) is 0 Å². The summed E-state index contributed by atoms with van der Waals surface area (Å²) in [6.07, 6.45) is 1.03. The highest BCUT2D eigenvalue weighted by Gasteiger charge is 2.19. The van der Waals surface area contributed by atoms with E-state index < -0.39 is 0 Å². The lowest BCUT2D eigenvalue weighted by Crippen LogP contribution is -2.36. The van der Waals surface area contributed by atoms with E-state index in [-0.39, 0.29) is 5.91 Å². The summed E-state index contributed by atoms with van der Waals surface area (Å²) in [6, 6.07) is 7.82. The summed E-state index contributed by atoms with van der Waals surface area (Å²) in [5.41, 5.74) is 7.56. The average Bonchev–Trinajstić information content (AvgIpc) is 2.65. The molecule has 1 fully saturated rings. The maximum absolute atomic E-state index is 12.4. The number of carbonyl (C=O) groups excluding carboxylic acids is 1. The molecule has 1 aromatic carbocycles. The first kappa shape index (κ1) is 14.0. The van der Waals surface area contributed by atoms with Crippen LogP contribution in [0, 0.1) is 6.92 Å². The minimum atomic E-state index is 0.148. The van der Waals surface area contributed by atoms with E-state index in [1.807, 2.05) is 36.1 Å². The van der Waals surface area contributed by atoms with Crippen LogP contribution in [0.3, 0.4) is 0 Å². The lowest BCUT2D eigenvalue weighted by atomic mass is 10.1. The molecule has 0 saturated carbocycles. The van der Waals surface area contributed by atoms with Crippen molar-refractivity contribution in [2.75, 3.05) is 39.3 Å². The Morgan fingerprint density at radius 1 is 1.16 bits per heavy atom. The predicted octanol–water partition coefficient (Wildman–Crippen LogP) is 1.10. The molecule has 4 nitrogen and oxygen atoms in total. The molecule has 4 heteroatoms.